The van der Waals surface area contributed by atoms with Gasteiger partial charge in [-0.15, -0.1) is 0 Å². The first-order valence-electron chi connectivity index (χ1n) is 8.00. The summed E-state index contributed by atoms with van der Waals surface area (Å²) in [5, 5.41) is 6.31. The molecule has 2 aromatic rings. The number of carbonyl (C=O) groups excluding carboxylic acids is 1. The van der Waals surface area contributed by atoms with Gasteiger partial charge in [0, 0.05) is 10.5 Å². The van der Waals surface area contributed by atoms with Crippen LogP contribution in [0.25, 0.3) is 0 Å². The highest BCUT2D eigenvalue weighted by Crippen LogP contribution is 2.24. The largest absolute Gasteiger partial charge is 0.495 e. The molecule has 0 aliphatic rings. The maximum Gasteiger partial charge on any atom is 0.241 e. The van der Waals surface area contributed by atoms with Crippen molar-refractivity contribution in [2.45, 2.75) is 32.4 Å². The van der Waals surface area contributed by atoms with E-state index in [2.05, 4.69) is 45.6 Å². The summed E-state index contributed by atoms with van der Waals surface area (Å²) in [6, 6.07) is 15.3. The minimum atomic E-state index is -0.330. The molecule has 0 saturated carbocycles. The van der Waals surface area contributed by atoms with Crippen molar-refractivity contribution in [3.63, 3.8) is 0 Å². The highest BCUT2D eigenvalue weighted by atomic mass is 79.9. The zero-order valence-electron chi connectivity index (χ0n) is 14.2. The van der Waals surface area contributed by atoms with Crippen LogP contribution in [0.5, 0.6) is 5.75 Å². The van der Waals surface area contributed by atoms with E-state index in [1.165, 1.54) is 0 Å². The molecule has 2 rings (SSSR count). The zero-order chi connectivity index (χ0) is 17.5. The second kappa shape index (κ2) is 8.85. The number of nitrogens with one attached hydrogen (secondary N) is 2. The van der Waals surface area contributed by atoms with Crippen molar-refractivity contribution < 1.29 is 9.53 Å². The molecule has 2 aromatic carbocycles. The fourth-order valence-electron chi connectivity index (χ4n) is 2.51. The molecule has 128 valence electrons. The summed E-state index contributed by atoms with van der Waals surface area (Å²) in [7, 11) is 1.59. The zero-order valence-corrected chi connectivity index (χ0v) is 15.8. The smallest absolute Gasteiger partial charge is 0.241 e. The van der Waals surface area contributed by atoms with Crippen molar-refractivity contribution in [1.29, 1.82) is 0 Å². The van der Waals surface area contributed by atoms with Gasteiger partial charge >= 0.3 is 0 Å². The molecule has 0 aliphatic carbocycles. The molecule has 0 heterocycles. The molecule has 5 heteroatoms. The second-order valence-electron chi connectivity index (χ2n) is 5.59. The lowest BCUT2D eigenvalue weighted by Gasteiger charge is -2.22. The Morgan fingerprint density at radius 2 is 1.83 bits per heavy atom. The van der Waals surface area contributed by atoms with E-state index in [1.807, 2.05) is 43.3 Å². The van der Waals surface area contributed by atoms with Crippen LogP contribution >= 0.6 is 15.9 Å². The standard InChI is InChI=1S/C19H23BrN2O2/c1-4-16(14-9-11-15(20)12-10-14)21-13(2)19(23)22-17-7-5-6-8-18(17)24-3/h5-13,16,21H,4H2,1-3H3,(H,22,23)/t13-,16-/m1/s1. The molecule has 4 nitrogen and oxygen atoms in total. The maximum absolute atomic E-state index is 12.5. The molecule has 2 N–H and O–H groups in total. The molecule has 0 aliphatic heterocycles. The van der Waals surface area contributed by atoms with Crippen molar-refractivity contribution in [2.24, 2.45) is 0 Å². The average Bonchev–Trinajstić information content (AvgIpc) is 2.60. The van der Waals surface area contributed by atoms with Crippen molar-refractivity contribution in [1.82, 2.24) is 5.32 Å². The number of hydrogen-bond acceptors (Lipinski definition) is 3. The Balaban J connectivity index is 2.03. The Kier molecular flexibility index (Phi) is 6.82. The third-order valence-electron chi connectivity index (χ3n) is 3.89. The van der Waals surface area contributed by atoms with E-state index in [0.717, 1.165) is 16.5 Å². The van der Waals surface area contributed by atoms with Crippen LogP contribution in [-0.4, -0.2) is 19.1 Å². The molecule has 2 atom stereocenters. The van der Waals surface area contributed by atoms with Gasteiger partial charge in [-0.3, -0.25) is 10.1 Å². The molecule has 1 amide bonds. The number of benzene rings is 2. The van der Waals surface area contributed by atoms with Gasteiger partial charge in [0.1, 0.15) is 5.75 Å². The number of methoxy groups -OCH3 is 1. The molecular formula is C19H23BrN2O2. The van der Waals surface area contributed by atoms with Crippen LogP contribution in [0.3, 0.4) is 0 Å². The Labute approximate surface area is 151 Å². The van der Waals surface area contributed by atoms with Crippen molar-refractivity contribution in [2.75, 3.05) is 12.4 Å². The molecule has 0 aromatic heterocycles. The van der Waals surface area contributed by atoms with Crippen LogP contribution in [0.4, 0.5) is 5.69 Å². The van der Waals surface area contributed by atoms with Crippen molar-refractivity contribution >= 4 is 27.5 Å². The number of amides is 1. The average molecular weight is 391 g/mol. The number of anilines is 1. The lowest BCUT2D eigenvalue weighted by atomic mass is 10.0. The Bertz CT molecular complexity index is 673. The fraction of sp³-hybridized carbons (Fsp3) is 0.316. The summed E-state index contributed by atoms with van der Waals surface area (Å²) in [4.78, 5) is 12.5. The number of carbonyl (C=O) groups is 1. The van der Waals surface area contributed by atoms with Crippen molar-refractivity contribution in [3.8, 4) is 5.75 Å². The number of hydrogen-bond donors (Lipinski definition) is 2. The molecule has 0 bridgehead atoms. The van der Waals surface area contributed by atoms with Gasteiger partial charge in [0.2, 0.25) is 5.91 Å². The molecule has 0 saturated heterocycles. The summed E-state index contributed by atoms with van der Waals surface area (Å²) in [5.41, 5.74) is 1.84. The van der Waals surface area contributed by atoms with Crippen LogP contribution < -0.4 is 15.4 Å². The van der Waals surface area contributed by atoms with Gasteiger partial charge in [-0.1, -0.05) is 47.1 Å². The predicted molar refractivity (Wildman–Crippen MR) is 101 cm³/mol. The Morgan fingerprint density at radius 1 is 1.17 bits per heavy atom. The third-order valence-corrected chi connectivity index (χ3v) is 4.42. The van der Waals surface area contributed by atoms with Gasteiger partial charge in [-0.2, -0.15) is 0 Å². The number of para-hydroxylation sites is 2. The molecule has 24 heavy (non-hydrogen) atoms. The fourth-order valence-corrected chi connectivity index (χ4v) is 2.78. The van der Waals surface area contributed by atoms with Gasteiger partial charge in [0.15, 0.2) is 0 Å². The van der Waals surface area contributed by atoms with Gasteiger partial charge in [-0.25, -0.2) is 0 Å². The third kappa shape index (κ3) is 4.82. The lowest BCUT2D eigenvalue weighted by molar-refractivity contribution is -0.118. The highest BCUT2D eigenvalue weighted by Gasteiger charge is 2.19. The quantitative estimate of drug-likeness (QED) is 0.730. The predicted octanol–water partition coefficient (Wildman–Crippen LogP) is 4.53. The van der Waals surface area contributed by atoms with E-state index >= 15 is 0 Å². The van der Waals surface area contributed by atoms with Gasteiger partial charge < -0.3 is 10.1 Å². The molecule has 0 unspecified atom stereocenters. The topological polar surface area (TPSA) is 50.4 Å². The van der Waals surface area contributed by atoms with Crippen LogP contribution in [0, 0.1) is 0 Å². The molecule has 0 fully saturated rings. The summed E-state index contributed by atoms with van der Waals surface area (Å²) in [5.74, 6) is 0.563. The van der Waals surface area contributed by atoms with Crippen LogP contribution in [0.15, 0.2) is 53.0 Å². The molecule has 0 radical (unpaired) electrons. The first-order valence-corrected chi connectivity index (χ1v) is 8.79. The molecule has 0 spiro atoms. The van der Waals surface area contributed by atoms with Gasteiger partial charge in [-0.05, 0) is 43.2 Å². The van der Waals surface area contributed by atoms with E-state index < -0.39 is 0 Å². The minimum absolute atomic E-state index is 0.0879. The van der Waals surface area contributed by atoms with E-state index in [9.17, 15) is 4.79 Å². The molecular weight excluding hydrogens is 368 g/mol. The first kappa shape index (κ1) is 18.5. The lowest BCUT2D eigenvalue weighted by Crippen LogP contribution is -2.40. The summed E-state index contributed by atoms with van der Waals surface area (Å²) >= 11 is 3.44. The summed E-state index contributed by atoms with van der Waals surface area (Å²) in [6.07, 6.45) is 0.897. The highest BCUT2D eigenvalue weighted by molar-refractivity contribution is 9.10. The van der Waals surface area contributed by atoms with Crippen LogP contribution in [0.2, 0.25) is 0 Å². The van der Waals surface area contributed by atoms with Crippen molar-refractivity contribution in [3.05, 3.63) is 58.6 Å². The summed E-state index contributed by atoms with van der Waals surface area (Å²) < 4.78 is 6.31. The van der Waals surface area contributed by atoms with E-state index in [0.29, 0.717) is 11.4 Å². The van der Waals surface area contributed by atoms with Gasteiger partial charge in [0.25, 0.3) is 0 Å². The normalized spacial score (nSPS) is 13.2. The number of rotatable bonds is 7. The SMILES string of the molecule is CC[C@@H](N[C@H](C)C(=O)Nc1ccccc1OC)c1ccc(Br)cc1. The van der Waals surface area contributed by atoms with E-state index in [-0.39, 0.29) is 18.0 Å². The van der Waals surface area contributed by atoms with Gasteiger partial charge in [0.05, 0.1) is 18.8 Å². The maximum atomic E-state index is 12.5. The second-order valence-corrected chi connectivity index (χ2v) is 6.51. The monoisotopic (exact) mass is 390 g/mol. The first-order chi connectivity index (χ1) is 11.5. The Hall–Kier alpha value is -1.85. The number of halogens is 1. The Morgan fingerprint density at radius 3 is 2.46 bits per heavy atom. The van der Waals surface area contributed by atoms with Crippen LogP contribution in [0.1, 0.15) is 31.9 Å². The number of ether oxygens (including phenoxy) is 1. The minimum Gasteiger partial charge on any atom is -0.495 e. The van der Waals surface area contributed by atoms with Crippen LogP contribution in [-0.2, 0) is 4.79 Å². The van der Waals surface area contributed by atoms with E-state index in [1.54, 1.807) is 7.11 Å². The van der Waals surface area contributed by atoms with E-state index in [4.69, 9.17) is 4.74 Å². The summed E-state index contributed by atoms with van der Waals surface area (Å²) in [6.45, 7) is 3.97.